The van der Waals surface area contributed by atoms with E-state index in [9.17, 15) is 13.2 Å². The van der Waals surface area contributed by atoms with Crippen LogP contribution in [0.15, 0.2) is 77.9 Å². The molecule has 0 bridgehead atoms. The van der Waals surface area contributed by atoms with Crippen molar-refractivity contribution in [1.29, 1.82) is 0 Å². The molecule has 0 radical (unpaired) electrons. The number of anilines is 1. The van der Waals surface area contributed by atoms with E-state index in [4.69, 9.17) is 21.1 Å². The number of benzene rings is 3. The molecule has 10 heteroatoms. The van der Waals surface area contributed by atoms with Gasteiger partial charge in [0.2, 0.25) is 10.0 Å². The minimum atomic E-state index is -3.74. The smallest absolute Gasteiger partial charge is 0.260 e. The summed E-state index contributed by atoms with van der Waals surface area (Å²) in [5, 5.41) is 4.58. The van der Waals surface area contributed by atoms with Crippen LogP contribution in [0, 0.1) is 0 Å². The molecule has 35 heavy (non-hydrogen) atoms. The second-order valence-electron chi connectivity index (χ2n) is 7.45. The maximum atomic E-state index is 12.4. The molecule has 0 saturated carbocycles. The lowest BCUT2D eigenvalue weighted by atomic mass is 10.2. The maximum absolute atomic E-state index is 12.4. The van der Waals surface area contributed by atoms with Gasteiger partial charge in [-0.1, -0.05) is 35.9 Å². The van der Waals surface area contributed by atoms with Gasteiger partial charge < -0.3 is 9.47 Å². The van der Waals surface area contributed by atoms with E-state index >= 15 is 0 Å². The molecule has 184 valence electrons. The van der Waals surface area contributed by atoms with Gasteiger partial charge in [0.05, 0.1) is 24.8 Å². The molecule has 3 aromatic carbocycles. The van der Waals surface area contributed by atoms with Crippen molar-refractivity contribution >= 4 is 39.4 Å². The Balaban J connectivity index is 1.58. The lowest BCUT2D eigenvalue weighted by Crippen LogP contribution is -2.39. The van der Waals surface area contributed by atoms with E-state index in [2.05, 4.69) is 10.5 Å². The zero-order valence-electron chi connectivity index (χ0n) is 19.3. The minimum Gasteiger partial charge on any atom is -0.492 e. The molecule has 0 heterocycles. The Morgan fingerprint density at radius 3 is 2.49 bits per heavy atom. The molecule has 3 rings (SSSR count). The lowest BCUT2D eigenvalue weighted by Gasteiger charge is -2.23. The number of rotatable bonds is 11. The first-order chi connectivity index (χ1) is 16.8. The summed E-state index contributed by atoms with van der Waals surface area (Å²) in [4.78, 5) is 12.4. The topological polar surface area (TPSA) is 97.3 Å². The van der Waals surface area contributed by atoms with Crippen LogP contribution >= 0.6 is 11.6 Å². The van der Waals surface area contributed by atoms with Crippen LogP contribution in [0.2, 0.25) is 5.02 Å². The molecule has 0 aromatic heterocycles. The molecule has 1 N–H and O–H groups in total. The van der Waals surface area contributed by atoms with E-state index in [-0.39, 0.29) is 5.69 Å². The van der Waals surface area contributed by atoms with Crippen LogP contribution in [0.4, 0.5) is 5.69 Å². The van der Waals surface area contributed by atoms with E-state index in [0.29, 0.717) is 29.7 Å². The van der Waals surface area contributed by atoms with Gasteiger partial charge in [-0.3, -0.25) is 9.10 Å². The van der Waals surface area contributed by atoms with Gasteiger partial charge in [0.15, 0.2) is 0 Å². The van der Waals surface area contributed by atoms with Gasteiger partial charge in [-0.15, -0.1) is 0 Å². The van der Waals surface area contributed by atoms with Crippen molar-refractivity contribution in [2.45, 2.75) is 13.5 Å². The molecule has 0 fully saturated rings. The van der Waals surface area contributed by atoms with Gasteiger partial charge in [-0.2, -0.15) is 5.10 Å². The molecular weight excluding hydrogens is 490 g/mol. The summed E-state index contributed by atoms with van der Waals surface area (Å²) in [6, 6.07) is 21.2. The van der Waals surface area contributed by atoms with Crippen LogP contribution < -0.4 is 19.2 Å². The van der Waals surface area contributed by atoms with E-state index < -0.39 is 22.5 Å². The summed E-state index contributed by atoms with van der Waals surface area (Å²) in [5.41, 5.74) is 4.32. The Labute approximate surface area is 210 Å². The van der Waals surface area contributed by atoms with Crippen molar-refractivity contribution in [3.8, 4) is 11.5 Å². The minimum absolute atomic E-state index is 0.282. The first-order valence-electron chi connectivity index (χ1n) is 10.7. The first kappa shape index (κ1) is 26.1. The molecule has 0 unspecified atom stereocenters. The Morgan fingerprint density at radius 1 is 1.06 bits per heavy atom. The molecule has 0 aliphatic carbocycles. The average Bonchev–Trinajstić information content (AvgIpc) is 2.82. The van der Waals surface area contributed by atoms with Gasteiger partial charge in [0.1, 0.15) is 24.7 Å². The number of para-hydroxylation sites is 2. The fraction of sp³-hybridized carbons (Fsp3) is 0.200. The number of nitrogens with zero attached hydrogens (tertiary/aromatic N) is 2. The van der Waals surface area contributed by atoms with Crippen molar-refractivity contribution in [2.24, 2.45) is 5.10 Å². The van der Waals surface area contributed by atoms with Crippen LogP contribution in [-0.4, -0.2) is 39.9 Å². The van der Waals surface area contributed by atoms with Gasteiger partial charge >= 0.3 is 0 Å². The number of carbonyl (C=O) groups is 1. The summed E-state index contributed by atoms with van der Waals surface area (Å²) >= 11 is 5.98. The zero-order chi connectivity index (χ0) is 25.3. The normalized spacial score (nSPS) is 11.3. The van der Waals surface area contributed by atoms with Crippen LogP contribution in [0.25, 0.3) is 0 Å². The van der Waals surface area contributed by atoms with Gasteiger partial charge in [-0.05, 0) is 66.6 Å². The highest BCUT2D eigenvalue weighted by Crippen LogP contribution is 2.29. The van der Waals surface area contributed by atoms with Crippen LogP contribution in [-0.2, 0) is 21.4 Å². The molecule has 0 aliphatic rings. The number of nitrogens with one attached hydrogen (secondary N) is 1. The molecule has 0 spiro atoms. The first-order valence-corrected chi connectivity index (χ1v) is 13.0. The van der Waals surface area contributed by atoms with E-state index in [1.807, 2.05) is 18.2 Å². The van der Waals surface area contributed by atoms with E-state index in [0.717, 1.165) is 21.7 Å². The largest absolute Gasteiger partial charge is 0.492 e. The van der Waals surface area contributed by atoms with Crippen LogP contribution in [0.1, 0.15) is 18.1 Å². The number of ether oxygens (including phenoxy) is 2. The second kappa shape index (κ2) is 12.2. The lowest BCUT2D eigenvalue weighted by molar-refractivity contribution is -0.119. The molecule has 0 aliphatic heterocycles. The molecule has 0 saturated heterocycles. The molecule has 1 amide bonds. The number of hydrogen-bond donors (Lipinski definition) is 1. The number of halogens is 1. The third kappa shape index (κ3) is 8.01. The van der Waals surface area contributed by atoms with Gasteiger partial charge in [-0.25, -0.2) is 13.8 Å². The van der Waals surface area contributed by atoms with E-state index in [1.165, 1.54) is 6.21 Å². The number of sulfonamides is 1. The zero-order valence-corrected chi connectivity index (χ0v) is 20.9. The summed E-state index contributed by atoms with van der Waals surface area (Å²) in [7, 11) is -3.74. The summed E-state index contributed by atoms with van der Waals surface area (Å²) in [6.07, 6.45) is 2.49. The van der Waals surface area contributed by atoms with Crippen LogP contribution in [0.3, 0.4) is 0 Å². The fourth-order valence-electron chi connectivity index (χ4n) is 3.11. The van der Waals surface area contributed by atoms with Crippen molar-refractivity contribution in [2.75, 3.05) is 23.7 Å². The highest BCUT2D eigenvalue weighted by atomic mass is 35.5. The Kier molecular flexibility index (Phi) is 9.11. The predicted octanol–water partition coefficient (Wildman–Crippen LogP) is 4.23. The van der Waals surface area contributed by atoms with Crippen molar-refractivity contribution < 1.29 is 22.7 Å². The highest BCUT2D eigenvalue weighted by molar-refractivity contribution is 7.92. The Morgan fingerprint density at radius 2 is 1.80 bits per heavy atom. The SMILES string of the molecule is CCOc1ccccc1N(CC(=O)N/N=C\c1ccc(OCc2cccc(Cl)c2)cc1)S(C)(=O)=O. The number of amides is 1. The quantitative estimate of drug-likeness (QED) is 0.304. The predicted molar refractivity (Wildman–Crippen MR) is 138 cm³/mol. The van der Waals surface area contributed by atoms with Crippen molar-refractivity contribution in [1.82, 2.24) is 5.43 Å². The van der Waals surface area contributed by atoms with Crippen LogP contribution in [0.5, 0.6) is 11.5 Å². The monoisotopic (exact) mass is 515 g/mol. The van der Waals surface area contributed by atoms with Gasteiger partial charge in [0, 0.05) is 5.02 Å². The summed E-state index contributed by atoms with van der Waals surface area (Å²) in [6.45, 7) is 2.08. The third-order valence-electron chi connectivity index (χ3n) is 4.70. The van der Waals surface area contributed by atoms with Crippen molar-refractivity contribution in [3.63, 3.8) is 0 Å². The standard InChI is InChI=1S/C25H26ClN3O5S/c1-3-33-24-10-5-4-9-23(24)29(35(2,31)32)17-25(30)28-27-16-19-11-13-22(14-12-19)34-18-20-7-6-8-21(26)15-20/h4-16H,3,17-18H2,1-2H3,(H,28,30)/b27-16-. The Bertz CT molecular complexity index is 1280. The van der Waals surface area contributed by atoms with Crippen molar-refractivity contribution in [3.05, 3.63) is 88.9 Å². The number of carbonyl (C=O) groups excluding carboxylic acids is 1. The second-order valence-corrected chi connectivity index (χ2v) is 9.79. The molecule has 3 aromatic rings. The fourth-order valence-corrected chi connectivity index (χ4v) is 4.18. The molecular formula is C25H26ClN3O5S. The maximum Gasteiger partial charge on any atom is 0.260 e. The highest BCUT2D eigenvalue weighted by Gasteiger charge is 2.23. The van der Waals surface area contributed by atoms with E-state index in [1.54, 1.807) is 61.5 Å². The molecule has 8 nitrogen and oxygen atoms in total. The molecule has 0 atom stereocenters. The average molecular weight is 516 g/mol. The third-order valence-corrected chi connectivity index (χ3v) is 6.06. The van der Waals surface area contributed by atoms with Gasteiger partial charge in [0.25, 0.3) is 5.91 Å². The number of hydrogen-bond acceptors (Lipinski definition) is 6. The summed E-state index contributed by atoms with van der Waals surface area (Å²) in [5.74, 6) is 0.441. The Hall–Kier alpha value is -3.56. The summed E-state index contributed by atoms with van der Waals surface area (Å²) < 4.78 is 36.9. The number of hydrazone groups is 1.